The van der Waals surface area contributed by atoms with Gasteiger partial charge < -0.3 is 19.3 Å². The van der Waals surface area contributed by atoms with Crippen molar-refractivity contribution in [3.63, 3.8) is 0 Å². The lowest BCUT2D eigenvalue weighted by Gasteiger charge is -2.38. The zero-order valence-electron chi connectivity index (χ0n) is 11.1. The van der Waals surface area contributed by atoms with Crippen molar-refractivity contribution in [3.8, 4) is 0 Å². The molecule has 0 aromatic carbocycles. The highest BCUT2D eigenvalue weighted by Gasteiger charge is 2.45. The van der Waals surface area contributed by atoms with Crippen LogP contribution in [0, 0.1) is 11.8 Å². The molecule has 0 saturated carbocycles. The van der Waals surface area contributed by atoms with Gasteiger partial charge in [-0.05, 0) is 0 Å². The van der Waals surface area contributed by atoms with E-state index in [0.29, 0.717) is 0 Å². The molecule has 1 N–H and O–H groups in total. The predicted molar refractivity (Wildman–Crippen MR) is 61.8 cm³/mol. The van der Waals surface area contributed by atoms with E-state index in [-0.39, 0.29) is 6.61 Å². The monoisotopic (exact) mass is 274 g/mol. The lowest BCUT2D eigenvalue weighted by molar-refractivity contribution is -0.200. The van der Waals surface area contributed by atoms with Crippen LogP contribution in [0.5, 0.6) is 0 Å². The van der Waals surface area contributed by atoms with Crippen LogP contribution in [0.1, 0.15) is 20.8 Å². The fourth-order valence-corrected chi connectivity index (χ4v) is 2.03. The highest BCUT2D eigenvalue weighted by Crippen LogP contribution is 2.29. The maximum absolute atomic E-state index is 11.7. The Hall–Kier alpha value is -1.63. The third-order valence-corrected chi connectivity index (χ3v) is 3.04. The summed E-state index contributed by atoms with van der Waals surface area (Å²) in [5.74, 6) is -2.81. The van der Waals surface area contributed by atoms with Gasteiger partial charge in [-0.15, -0.1) is 0 Å². The van der Waals surface area contributed by atoms with Gasteiger partial charge in [0.2, 0.25) is 0 Å². The molecule has 0 aromatic rings. The van der Waals surface area contributed by atoms with E-state index >= 15 is 0 Å². The van der Waals surface area contributed by atoms with Crippen molar-refractivity contribution < 1.29 is 33.7 Å². The fraction of sp³-hybridized carbons (Fsp3) is 0.750. The van der Waals surface area contributed by atoms with E-state index < -0.39 is 48.6 Å². The van der Waals surface area contributed by atoms with Crippen LogP contribution in [0.25, 0.3) is 0 Å². The zero-order valence-corrected chi connectivity index (χ0v) is 11.1. The van der Waals surface area contributed by atoms with Crippen molar-refractivity contribution in [2.45, 2.75) is 33.0 Å². The van der Waals surface area contributed by atoms with E-state index in [0.717, 1.165) is 0 Å². The first-order valence-electron chi connectivity index (χ1n) is 5.98. The first-order valence-corrected chi connectivity index (χ1v) is 5.98. The van der Waals surface area contributed by atoms with Gasteiger partial charge in [0.05, 0.1) is 12.5 Å². The van der Waals surface area contributed by atoms with Gasteiger partial charge in [0, 0.05) is 19.8 Å². The molecule has 19 heavy (non-hydrogen) atoms. The summed E-state index contributed by atoms with van der Waals surface area (Å²) in [5, 5.41) is 9.16. The second-order valence-corrected chi connectivity index (χ2v) is 4.50. The Bertz CT molecular complexity index is 365. The minimum atomic E-state index is -0.849. The highest BCUT2D eigenvalue weighted by atomic mass is 16.6. The van der Waals surface area contributed by atoms with E-state index in [1.54, 1.807) is 6.92 Å². The molecule has 4 atom stereocenters. The summed E-state index contributed by atoms with van der Waals surface area (Å²) in [5.41, 5.74) is 0. The van der Waals surface area contributed by atoms with E-state index in [4.69, 9.17) is 19.3 Å². The molecule has 0 spiro atoms. The molecule has 0 unspecified atom stereocenters. The second kappa shape index (κ2) is 6.51. The van der Waals surface area contributed by atoms with Crippen molar-refractivity contribution in [1.82, 2.24) is 0 Å². The first-order chi connectivity index (χ1) is 8.86. The Morgan fingerprint density at radius 1 is 1.32 bits per heavy atom. The van der Waals surface area contributed by atoms with E-state index in [9.17, 15) is 14.4 Å². The molecule has 7 nitrogen and oxygen atoms in total. The number of ether oxygens (including phenoxy) is 3. The Morgan fingerprint density at radius 2 is 1.95 bits per heavy atom. The normalized spacial score (nSPS) is 30.4. The maximum Gasteiger partial charge on any atom is 0.312 e. The molecular formula is C12H18O7. The van der Waals surface area contributed by atoms with E-state index in [1.165, 1.54) is 13.8 Å². The molecule has 1 rings (SSSR count). The lowest BCUT2D eigenvalue weighted by atomic mass is 9.84. The summed E-state index contributed by atoms with van der Waals surface area (Å²) in [7, 11) is 0. The van der Waals surface area contributed by atoms with Crippen LogP contribution in [0.2, 0.25) is 0 Å². The van der Waals surface area contributed by atoms with Crippen LogP contribution in [0.4, 0.5) is 0 Å². The van der Waals surface area contributed by atoms with Gasteiger partial charge in [-0.1, -0.05) is 6.92 Å². The van der Waals surface area contributed by atoms with Crippen molar-refractivity contribution in [2.75, 3.05) is 13.2 Å². The molecular weight excluding hydrogens is 256 g/mol. The summed E-state index contributed by atoms with van der Waals surface area (Å²) in [4.78, 5) is 33.5. The van der Waals surface area contributed by atoms with Gasteiger partial charge in [-0.25, -0.2) is 0 Å². The van der Waals surface area contributed by atoms with Crippen molar-refractivity contribution in [1.29, 1.82) is 0 Å². The Kier molecular flexibility index (Phi) is 5.29. The Morgan fingerprint density at radius 3 is 2.42 bits per heavy atom. The number of hydrogen-bond donors (Lipinski definition) is 1. The molecule has 1 aliphatic rings. The van der Waals surface area contributed by atoms with Gasteiger partial charge in [0.1, 0.15) is 12.7 Å². The quantitative estimate of drug-likeness (QED) is 0.552. The SMILES string of the molecule is CC(=O)OC[C@H]1OC(=O)[C@@H](CO)[C@@H](C)[C@@H]1OC(C)=O. The minimum absolute atomic E-state index is 0.179. The smallest absolute Gasteiger partial charge is 0.312 e. The third-order valence-electron chi connectivity index (χ3n) is 3.04. The van der Waals surface area contributed by atoms with Crippen LogP contribution in [0.15, 0.2) is 0 Å². The molecule has 108 valence electrons. The number of carbonyl (C=O) groups is 3. The number of carbonyl (C=O) groups excluding carboxylic acids is 3. The molecule has 7 heteroatoms. The number of hydrogen-bond acceptors (Lipinski definition) is 7. The standard InChI is InChI=1S/C12H18O7/c1-6-9(4-13)12(16)19-10(5-17-7(2)14)11(6)18-8(3)15/h6,9-11,13H,4-5H2,1-3H3/t6-,9+,10-,11+/m1/s1. The van der Waals surface area contributed by atoms with Crippen molar-refractivity contribution >= 4 is 17.9 Å². The first kappa shape index (κ1) is 15.4. The lowest BCUT2D eigenvalue weighted by Crippen LogP contribution is -2.52. The van der Waals surface area contributed by atoms with Crippen LogP contribution in [0.3, 0.4) is 0 Å². The summed E-state index contributed by atoms with van der Waals surface area (Å²) in [6, 6.07) is 0. The zero-order chi connectivity index (χ0) is 14.6. The molecule has 0 aromatic heterocycles. The van der Waals surface area contributed by atoms with Gasteiger partial charge >= 0.3 is 17.9 Å². The fourth-order valence-electron chi connectivity index (χ4n) is 2.03. The van der Waals surface area contributed by atoms with Gasteiger partial charge in [-0.3, -0.25) is 14.4 Å². The average Bonchev–Trinajstić information content (AvgIpc) is 2.30. The Balaban J connectivity index is 2.83. The molecule has 0 radical (unpaired) electrons. The van der Waals surface area contributed by atoms with E-state index in [2.05, 4.69) is 0 Å². The van der Waals surface area contributed by atoms with Crippen LogP contribution >= 0.6 is 0 Å². The molecule has 0 bridgehead atoms. The van der Waals surface area contributed by atoms with Gasteiger partial charge in [0.25, 0.3) is 0 Å². The predicted octanol–water partition coefficient (Wildman–Crippen LogP) is -0.349. The molecule has 1 saturated heterocycles. The van der Waals surface area contributed by atoms with Crippen molar-refractivity contribution in [3.05, 3.63) is 0 Å². The van der Waals surface area contributed by atoms with E-state index in [1.807, 2.05) is 0 Å². The Labute approximate surface area is 110 Å². The largest absolute Gasteiger partial charge is 0.462 e. The maximum atomic E-state index is 11.7. The van der Waals surface area contributed by atoms with Crippen molar-refractivity contribution in [2.24, 2.45) is 11.8 Å². The van der Waals surface area contributed by atoms with Crippen LogP contribution < -0.4 is 0 Å². The molecule has 0 aliphatic carbocycles. The topological polar surface area (TPSA) is 99.1 Å². The molecule has 1 heterocycles. The van der Waals surface area contributed by atoms with Gasteiger partial charge in [-0.2, -0.15) is 0 Å². The third kappa shape index (κ3) is 3.92. The number of esters is 3. The molecule has 1 aliphatic heterocycles. The summed E-state index contributed by atoms with van der Waals surface area (Å²) < 4.78 is 15.0. The summed E-state index contributed by atoms with van der Waals surface area (Å²) in [6.45, 7) is 3.57. The number of cyclic esters (lactones) is 1. The second-order valence-electron chi connectivity index (χ2n) is 4.50. The van der Waals surface area contributed by atoms with Crippen LogP contribution in [-0.4, -0.2) is 48.4 Å². The summed E-state index contributed by atoms with van der Waals surface area (Å²) >= 11 is 0. The minimum Gasteiger partial charge on any atom is -0.462 e. The number of aliphatic hydroxyl groups excluding tert-OH is 1. The summed E-state index contributed by atoms with van der Waals surface area (Å²) in [6.07, 6.45) is -1.59. The van der Waals surface area contributed by atoms with Gasteiger partial charge in [0.15, 0.2) is 6.10 Å². The van der Waals surface area contributed by atoms with Crippen LogP contribution in [-0.2, 0) is 28.6 Å². The number of rotatable bonds is 4. The highest BCUT2D eigenvalue weighted by molar-refractivity contribution is 5.74. The average molecular weight is 274 g/mol. The number of aliphatic hydroxyl groups is 1. The molecule has 1 fully saturated rings. The molecule has 0 amide bonds.